The lowest BCUT2D eigenvalue weighted by Gasteiger charge is -2.08. The van der Waals surface area contributed by atoms with Gasteiger partial charge in [0, 0.05) is 18.1 Å². The van der Waals surface area contributed by atoms with Crippen LogP contribution in [-0.4, -0.2) is 23.1 Å². The molecule has 0 amide bonds. The first-order valence-electron chi connectivity index (χ1n) is 5.13. The summed E-state index contributed by atoms with van der Waals surface area (Å²) in [6.45, 7) is 1.12. The van der Waals surface area contributed by atoms with Crippen LogP contribution in [0.3, 0.4) is 0 Å². The Morgan fingerprint density at radius 3 is 2.88 bits per heavy atom. The smallest absolute Gasteiger partial charge is 0.262 e. The van der Waals surface area contributed by atoms with Crippen LogP contribution in [0.2, 0.25) is 10.3 Å². The molecule has 90 valence electrons. The van der Waals surface area contributed by atoms with Crippen LogP contribution in [-0.2, 0) is 6.54 Å². The van der Waals surface area contributed by atoms with Crippen LogP contribution in [0.15, 0.2) is 23.0 Å². The molecule has 0 saturated heterocycles. The van der Waals surface area contributed by atoms with Gasteiger partial charge in [0.15, 0.2) is 0 Å². The van der Waals surface area contributed by atoms with Crippen LogP contribution < -0.4 is 10.9 Å². The monoisotopic (exact) mass is 271 g/mol. The SMILES string of the molecule is CNCCn1c(Cl)nc2ccc(Cl)cc2c1=O. The average Bonchev–Trinajstić information content (AvgIpc) is 2.30. The van der Waals surface area contributed by atoms with Crippen molar-refractivity contribution in [3.8, 4) is 0 Å². The van der Waals surface area contributed by atoms with E-state index in [4.69, 9.17) is 23.2 Å². The Morgan fingerprint density at radius 2 is 2.18 bits per heavy atom. The second kappa shape index (κ2) is 5.04. The van der Waals surface area contributed by atoms with E-state index >= 15 is 0 Å². The van der Waals surface area contributed by atoms with Crippen molar-refractivity contribution in [2.45, 2.75) is 6.54 Å². The van der Waals surface area contributed by atoms with E-state index in [1.807, 2.05) is 7.05 Å². The Bertz CT molecular complexity index is 609. The van der Waals surface area contributed by atoms with Gasteiger partial charge in [0.1, 0.15) is 0 Å². The molecule has 0 radical (unpaired) electrons. The van der Waals surface area contributed by atoms with E-state index in [0.717, 1.165) is 0 Å². The van der Waals surface area contributed by atoms with Crippen LogP contribution in [0, 0.1) is 0 Å². The number of fused-ring (bicyclic) bond motifs is 1. The fourth-order valence-electron chi connectivity index (χ4n) is 1.58. The lowest BCUT2D eigenvalue weighted by Crippen LogP contribution is -2.27. The number of halogens is 2. The number of hydrogen-bond donors (Lipinski definition) is 1. The molecule has 1 aromatic heterocycles. The highest BCUT2D eigenvalue weighted by Crippen LogP contribution is 2.16. The van der Waals surface area contributed by atoms with Crippen molar-refractivity contribution in [1.82, 2.24) is 14.9 Å². The lowest BCUT2D eigenvalue weighted by molar-refractivity contribution is 0.622. The molecule has 1 heterocycles. The van der Waals surface area contributed by atoms with Crippen molar-refractivity contribution in [2.75, 3.05) is 13.6 Å². The number of rotatable bonds is 3. The fraction of sp³-hybridized carbons (Fsp3) is 0.273. The quantitative estimate of drug-likeness (QED) is 0.868. The topological polar surface area (TPSA) is 46.9 Å². The summed E-state index contributed by atoms with van der Waals surface area (Å²) in [7, 11) is 1.81. The van der Waals surface area contributed by atoms with Gasteiger partial charge in [-0.1, -0.05) is 11.6 Å². The molecule has 0 aliphatic rings. The molecule has 2 rings (SSSR count). The largest absolute Gasteiger partial charge is 0.318 e. The van der Waals surface area contributed by atoms with E-state index in [1.165, 1.54) is 4.57 Å². The fourth-order valence-corrected chi connectivity index (χ4v) is 2.01. The maximum Gasteiger partial charge on any atom is 0.262 e. The highest BCUT2D eigenvalue weighted by Gasteiger charge is 2.09. The van der Waals surface area contributed by atoms with Gasteiger partial charge in [-0.3, -0.25) is 9.36 Å². The highest BCUT2D eigenvalue weighted by molar-refractivity contribution is 6.31. The lowest BCUT2D eigenvalue weighted by atomic mass is 10.2. The van der Waals surface area contributed by atoms with Gasteiger partial charge in [-0.25, -0.2) is 4.98 Å². The number of nitrogens with zero attached hydrogens (tertiary/aromatic N) is 2. The maximum absolute atomic E-state index is 12.2. The van der Waals surface area contributed by atoms with E-state index in [-0.39, 0.29) is 10.8 Å². The molecule has 2 aromatic rings. The molecular formula is C11H11Cl2N3O. The molecule has 4 nitrogen and oxygen atoms in total. The predicted molar refractivity (Wildman–Crippen MR) is 69.9 cm³/mol. The highest BCUT2D eigenvalue weighted by atomic mass is 35.5. The first-order valence-corrected chi connectivity index (χ1v) is 5.89. The summed E-state index contributed by atoms with van der Waals surface area (Å²) in [5.74, 6) is 0. The second-order valence-corrected chi connectivity index (χ2v) is 4.38. The molecule has 1 N–H and O–H groups in total. The Kier molecular flexibility index (Phi) is 3.66. The van der Waals surface area contributed by atoms with E-state index in [2.05, 4.69) is 10.3 Å². The van der Waals surface area contributed by atoms with Crippen molar-refractivity contribution >= 4 is 34.1 Å². The second-order valence-electron chi connectivity index (χ2n) is 3.60. The van der Waals surface area contributed by atoms with Crippen molar-refractivity contribution in [3.63, 3.8) is 0 Å². The van der Waals surface area contributed by atoms with Gasteiger partial charge in [0.25, 0.3) is 5.56 Å². The molecule has 0 aliphatic heterocycles. The first-order chi connectivity index (χ1) is 8.13. The summed E-state index contributed by atoms with van der Waals surface area (Å²) >= 11 is 11.8. The van der Waals surface area contributed by atoms with Crippen LogP contribution in [0.5, 0.6) is 0 Å². The molecule has 0 aliphatic carbocycles. The third-order valence-corrected chi connectivity index (χ3v) is 2.98. The zero-order valence-corrected chi connectivity index (χ0v) is 10.7. The molecule has 0 unspecified atom stereocenters. The molecule has 6 heteroatoms. The van der Waals surface area contributed by atoms with E-state index in [0.29, 0.717) is 29.0 Å². The molecule has 0 atom stereocenters. The molecule has 0 bridgehead atoms. The summed E-state index contributed by atoms with van der Waals surface area (Å²) in [6.07, 6.45) is 0. The summed E-state index contributed by atoms with van der Waals surface area (Å²) in [6, 6.07) is 4.98. The summed E-state index contributed by atoms with van der Waals surface area (Å²) in [5.41, 5.74) is 0.392. The van der Waals surface area contributed by atoms with Gasteiger partial charge in [-0.05, 0) is 36.8 Å². The van der Waals surface area contributed by atoms with Crippen molar-refractivity contribution in [3.05, 3.63) is 38.9 Å². The summed E-state index contributed by atoms with van der Waals surface area (Å²) < 4.78 is 1.43. The third kappa shape index (κ3) is 2.44. The number of hydrogen-bond acceptors (Lipinski definition) is 3. The van der Waals surface area contributed by atoms with Gasteiger partial charge in [0.2, 0.25) is 5.28 Å². The Balaban J connectivity index is 2.65. The number of aromatic nitrogens is 2. The number of nitrogens with one attached hydrogen (secondary N) is 1. The van der Waals surface area contributed by atoms with Crippen molar-refractivity contribution in [1.29, 1.82) is 0 Å². The van der Waals surface area contributed by atoms with Crippen LogP contribution >= 0.6 is 23.2 Å². The number of benzene rings is 1. The Hall–Kier alpha value is -1.10. The van der Waals surface area contributed by atoms with Gasteiger partial charge in [0.05, 0.1) is 10.9 Å². The van der Waals surface area contributed by atoms with Crippen LogP contribution in [0.25, 0.3) is 10.9 Å². The summed E-state index contributed by atoms with van der Waals surface area (Å²) in [4.78, 5) is 16.3. The van der Waals surface area contributed by atoms with Crippen LogP contribution in [0.4, 0.5) is 0 Å². The zero-order valence-electron chi connectivity index (χ0n) is 9.20. The number of likely N-dealkylation sites (N-methyl/N-ethyl adjacent to an activating group) is 1. The first kappa shape index (κ1) is 12.4. The molecule has 1 aromatic carbocycles. The molecule has 17 heavy (non-hydrogen) atoms. The minimum atomic E-state index is -0.169. The molecule has 0 saturated carbocycles. The van der Waals surface area contributed by atoms with Gasteiger partial charge in [-0.15, -0.1) is 0 Å². The van der Waals surface area contributed by atoms with E-state index in [1.54, 1.807) is 18.2 Å². The van der Waals surface area contributed by atoms with Crippen molar-refractivity contribution < 1.29 is 0 Å². The average molecular weight is 272 g/mol. The van der Waals surface area contributed by atoms with Crippen LogP contribution in [0.1, 0.15) is 0 Å². The van der Waals surface area contributed by atoms with Gasteiger partial charge in [-0.2, -0.15) is 0 Å². The van der Waals surface area contributed by atoms with Gasteiger partial charge >= 0.3 is 0 Å². The minimum Gasteiger partial charge on any atom is -0.318 e. The minimum absolute atomic E-state index is 0.169. The van der Waals surface area contributed by atoms with E-state index in [9.17, 15) is 4.79 Å². The summed E-state index contributed by atoms with van der Waals surface area (Å²) in [5, 5.41) is 4.15. The standard InChI is InChI=1S/C11H11Cl2N3O/c1-14-4-5-16-10(17)8-6-7(12)2-3-9(8)15-11(16)13/h2-3,6,14H,4-5H2,1H3. The third-order valence-electron chi connectivity index (χ3n) is 2.46. The normalized spacial score (nSPS) is 11.0. The molecular weight excluding hydrogens is 261 g/mol. The Morgan fingerprint density at radius 1 is 1.41 bits per heavy atom. The molecule has 0 fully saturated rings. The maximum atomic E-state index is 12.2. The van der Waals surface area contributed by atoms with Crippen molar-refractivity contribution in [2.24, 2.45) is 0 Å². The molecule has 0 spiro atoms. The van der Waals surface area contributed by atoms with E-state index < -0.39 is 0 Å². The Labute approximate surface area is 108 Å². The van der Waals surface area contributed by atoms with Gasteiger partial charge < -0.3 is 5.32 Å². The zero-order chi connectivity index (χ0) is 12.4. The predicted octanol–water partition coefficient (Wildman–Crippen LogP) is 1.92.